The molecule has 0 unspecified atom stereocenters. The number of hydrogen-bond acceptors (Lipinski definition) is 6. The van der Waals surface area contributed by atoms with Gasteiger partial charge in [0.05, 0.1) is 22.9 Å². The van der Waals surface area contributed by atoms with Crippen molar-refractivity contribution in [1.29, 1.82) is 10.5 Å². The first kappa shape index (κ1) is 20.8. The third kappa shape index (κ3) is 3.67. The van der Waals surface area contributed by atoms with Crippen molar-refractivity contribution in [3.8, 4) is 34.4 Å². The summed E-state index contributed by atoms with van der Waals surface area (Å²) in [4.78, 5) is 12.6. The fourth-order valence-electron chi connectivity index (χ4n) is 3.26. The van der Waals surface area contributed by atoms with E-state index in [0.29, 0.717) is 45.5 Å². The topological polar surface area (TPSA) is 117 Å². The second-order valence-electron chi connectivity index (χ2n) is 6.51. The molecule has 0 amide bonds. The van der Waals surface area contributed by atoms with Crippen molar-refractivity contribution in [2.75, 3.05) is 0 Å². The average molecular weight is 415 g/mol. The number of thiophene rings is 1. The SMILES string of the molecule is CCc1sc(C(=O)O)c(-c2ccc(-c3ccc(/C(C)=N/O)cc3C#N)cc2)c1C#N. The second-order valence-corrected chi connectivity index (χ2v) is 7.61. The molecule has 148 valence electrons. The van der Waals surface area contributed by atoms with E-state index < -0.39 is 5.97 Å². The van der Waals surface area contributed by atoms with Gasteiger partial charge in [-0.25, -0.2) is 4.79 Å². The minimum Gasteiger partial charge on any atom is -0.477 e. The van der Waals surface area contributed by atoms with Crippen LogP contribution < -0.4 is 0 Å². The van der Waals surface area contributed by atoms with E-state index in [1.54, 1.807) is 49.4 Å². The molecule has 1 aromatic heterocycles. The number of aromatic carboxylic acids is 1. The molecular formula is C23H17N3O3S. The molecule has 0 aliphatic rings. The van der Waals surface area contributed by atoms with Crippen LogP contribution in [0.2, 0.25) is 0 Å². The van der Waals surface area contributed by atoms with Crippen molar-refractivity contribution < 1.29 is 15.1 Å². The van der Waals surface area contributed by atoms with E-state index in [1.807, 2.05) is 6.92 Å². The van der Waals surface area contributed by atoms with Gasteiger partial charge in [-0.2, -0.15) is 10.5 Å². The van der Waals surface area contributed by atoms with Crippen molar-refractivity contribution in [1.82, 2.24) is 0 Å². The van der Waals surface area contributed by atoms with Crippen LogP contribution in [0, 0.1) is 22.7 Å². The molecular weight excluding hydrogens is 398 g/mol. The predicted octanol–water partition coefficient (Wildman–Crippen LogP) is 5.28. The summed E-state index contributed by atoms with van der Waals surface area (Å²) < 4.78 is 0. The third-order valence-corrected chi connectivity index (χ3v) is 6.12. The second kappa shape index (κ2) is 8.60. The summed E-state index contributed by atoms with van der Waals surface area (Å²) in [5.41, 5.74) is 4.43. The summed E-state index contributed by atoms with van der Waals surface area (Å²) in [5, 5.41) is 40.8. The first-order valence-corrected chi connectivity index (χ1v) is 9.89. The Bertz CT molecular complexity index is 1240. The summed E-state index contributed by atoms with van der Waals surface area (Å²) in [5.74, 6) is -1.06. The molecule has 0 bridgehead atoms. The summed E-state index contributed by atoms with van der Waals surface area (Å²) in [7, 11) is 0. The van der Waals surface area contributed by atoms with Gasteiger partial charge in [-0.1, -0.05) is 48.5 Å². The number of hydrogen-bond donors (Lipinski definition) is 2. The molecule has 0 aliphatic heterocycles. The molecule has 0 fully saturated rings. The Labute approximate surface area is 177 Å². The number of benzene rings is 2. The molecule has 0 radical (unpaired) electrons. The van der Waals surface area contributed by atoms with Crippen LogP contribution in [0.25, 0.3) is 22.3 Å². The van der Waals surface area contributed by atoms with E-state index >= 15 is 0 Å². The lowest BCUT2D eigenvalue weighted by Gasteiger charge is -2.09. The minimum atomic E-state index is -1.06. The van der Waals surface area contributed by atoms with Gasteiger partial charge >= 0.3 is 5.97 Å². The fraction of sp³-hybridized carbons (Fsp3) is 0.130. The average Bonchev–Trinajstić information content (AvgIpc) is 3.17. The molecule has 3 rings (SSSR count). The summed E-state index contributed by atoms with van der Waals surface area (Å²) in [6.45, 7) is 3.53. The van der Waals surface area contributed by atoms with Crippen molar-refractivity contribution in [3.05, 3.63) is 68.9 Å². The van der Waals surface area contributed by atoms with E-state index in [-0.39, 0.29) is 4.88 Å². The Kier molecular flexibility index (Phi) is 5.96. The van der Waals surface area contributed by atoms with E-state index in [0.717, 1.165) is 21.8 Å². The normalized spacial score (nSPS) is 11.0. The Morgan fingerprint density at radius 3 is 2.30 bits per heavy atom. The Morgan fingerprint density at radius 2 is 1.77 bits per heavy atom. The van der Waals surface area contributed by atoms with Gasteiger partial charge in [-0.3, -0.25) is 0 Å². The van der Waals surface area contributed by atoms with Gasteiger partial charge < -0.3 is 10.3 Å². The van der Waals surface area contributed by atoms with Crippen molar-refractivity contribution in [3.63, 3.8) is 0 Å². The predicted molar refractivity (Wildman–Crippen MR) is 115 cm³/mol. The van der Waals surface area contributed by atoms with E-state index in [2.05, 4.69) is 17.3 Å². The van der Waals surface area contributed by atoms with Gasteiger partial charge in [0.15, 0.2) is 0 Å². The molecule has 0 spiro atoms. The maximum absolute atomic E-state index is 11.7. The largest absolute Gasteiger partial charge is 0.477 e. The summed E-state index contributed by atoms with van der Waals surface area (Å²) in [6.07, 6.45) is 0.584. The number of nitrogens with zero attached hydrogens (tertiary/aromatic N) is 3. The molecule has 30 heavy (non-hydrogen) atoms. The van der Waals surface area contributed by atoms with Gasteiger partial charge in [-0.05, 0) is 36.1 Å². The van der Waals surface area contributed by atoms with Gasteiger partial charge in [0.2, 0.25) is 0 Å². The molecule has 0 aliphatic carbocycles. The standard InChI is InChI=1S/C23H17N3O3S/c1-3-20-19(12-25)21(22(30-20)23(27)28)15-6-4-14(5-7-15)18-9-8-16(13(2)26-29)10-17(18)11-24/h4-10,29H,3H2,1-2H3,(H,27,28)/b26-13+. The number of carboxylic acids is 1. The summed E-state index contributed by atoms with van der Waals surface area (Å²) >= 11 is 1.13. The van der Waals surface area contributed by atoms with E-state index in [1.165, 1.54) is 0 Å². The van der Waals surface area contributed by atoms with E-state index in [4.69, 9.17) is 5.21 Å². The molecule has 3 aromatic rings. The van der Waals surface area contributed by atoms with Crippen molar-refractivity contribution in [2.24, 2.45) is 5.16 Å². The highest BCUT2D eigenvalue weighted by Gasteiger charge is 2.23. The zero-order valence-corrected chi connectivity index (χ0v) is 17.1. The molecule has 0 saturated heterocycles. The molecule has 2 N–H and O–H groups in total. The lowest BCUT2D eigenvalue weighted by molar-refractivity contribution is 0.0703. The Hall–Kier alpha value is -3.94. The molecule has 2 aromatic carbocycles. The Balaban J connectivity index is 2.10. The van der Waals surface area contributed by atoms with Crippen LogP contribution in [-0.2, 0) is 6.42 Å². The highest BCUT2D eigenvalue weighted by Crippen LogP contribution is 2.38. The monoisotopic (exact) mass is 415 g/mol. The number of rotatable bonds is 5. The van der Waals surface area contributed by atoms with Gasteiger partial charge in [0.1, 0.15) is 10.9 Å². The van der Waals surface area contributed by atoms with Crippen LogP contribution in [0.1, 0.15) is 45.1 Å². The quantitative estimate of drug-likeness (QED) is 0.334. The Morgan fingerprint density at radius 1 is 1.10 bits per heavy atom. The molecule has 0 saturated carbocycles. The van der Waals surface area contributed by atoms with Crippen LogP contribution in [0.15, 0.2) is 47.6 Å². The van der Waals surface area contributed by atoms with Crippen LogP contribution >= 0.6 is 11.3 Å². The highest BCUT2D eigenvalue weighted by atomic mass is 32.1. The van der Waals surface area contributed by atoms with Crippen LogP contribution in [0.3, 0.4) is 0 Å². The number of carbonyl (C=O) groups is 1. The van der Waals surface area contributed by atoms with Crippen molar-refractivity contribution >= 4 is 23.0 Å². The van der Waals surface area contributed by atoms with Crippen LogP contribution in [-0.4, -0.2) is 22.0 Å². The zero-order valence-electron chi connectivity index (χ0n) is 16.3. The maximum Gasteiger partial charge on any atom is 0.346 e. The zero-order chi connectivity index (χ0) is 21.8. The molecule has 0 atom stereocenters. The molecule has 6 nitrogen and oxygen atoms in total. The minimum absolute atomic E-state index is 0.150. The number of nitriles is 2. The first-order valence-electron chi connectivity index (χ1n) is 9.08. The van der Waals surface area contributed by atoms with Crippen LogP contribution in [0.5, 0.6) is 0 Å². The number of carboxylic acid groups (broad SMARTS) is 1. The first-order chi connectivity index (χ1) is 14.4. The van der Waals surface area contributed by atoms with Gasteiger partial charge in [0.25, 0.3) is 0 Å². The van der Waals surface area contributed by atoms with Crippen LogP contribution in [0.4, 0.5) is 0 Å². The molecule has 7 heteroatoms. The van der Waals surface area contributed by atoms with Gasteiger partial charge in [0, 0.05) is 16.0 Å². The smallest absolute Gasteiger partial charge is 0.346 e. The third-order valence-electron chi connectivity index (χ3n) is 4.80. The lowest BCUT2D eigenvalue weighted by Crippen LogP contribution is -1.97. The highest BCUT2D eigenvalue weighted by molar-refractivity contribution is 7.14. The van der Waals surface area contributed by atoms with Crippen molar-refractivity contribution in [2.45, 2.75) is 20.3 Å². The molecule has 1 heterocycles. The number of oxime groups is 1. The van der Waals surface area contributed by atoms with E-state index in [9.17, 15) is 20.4 Å². The van der Waals surface area contributed by atoms with Gasteiger partial charge in [-0.15, -0.1) is 11.3 Å². The lowest BCUT2D eigenvalue weighted by atomic mass is 9.94. The maximum atomic E-state index is 11.7. The number of aryl methyl sites for hydroxylation is 1. The summed E-state index contributed by atoms with van der Waals surface area (Å²) in [6, 6.07) is 16.6. The fourth-order valence-corrected chi connectivity index (χ4v) is 4.31.